The summed E-state index contributed by atoms with van der Waals surface area (Å²) in [6, 6.07) is 3.77. The van der Waals surface area contributed by atoms with Crippen molar-refractivity contribution in [2.75, 3.05) is 30.9 Å². The quantitative estimate of drug-likeness (QED) is 0.898. The first-order valence-corrected chi connectivity index (χ1v) is 6.40. The highest BCUT2D eigenvalue weighted by atomic mass is 79.9. The van der Waals surface area contributed by atoms with Crippen molar-refractivity contribution in [3.05, 3.63) is 22.2 Å². The SMILES string of the molecule is CCN(C)c1cc2c(cc1Br)C(NC)C(=O)N2. The Hall–Kier alpha value is -1.07. The van der Waals surface area contributed by atoms with Gasteiger partial charge in [0.25, 0.3) is 0 Å². The lowest BCUT2D eigenvalue weighted by molar-refractivity contribution is -0.117. The van der Waals surface area contributed by atoms with Gasteiger partial charge in [0.2, 0.25) is 5.91 Å². The second-order valence-corrected chi connectivity index (χ2v) is 4.97. The lowest BCUT2D eigenvalue weighted by atomic mass is 10.1. The number of hydrogen-bond acceptors (Lipinski definition) is 3. The minimum atomic E-state index is -0.248. The Balaban J connectivity index is 2.47. The molecule has 5 heteroatoms. The van der Waals surface area contributed by atoms with Gasteiger partial charge < -0.3 is 15.5 Å². The fourth-order valence-electron chi connectivity index (χ4n) is 2.02. The number of hydrogen-bond donors (Lipinski definition) is 2. The molecule has 0 aromatic heterocycles. The minimum absolute atomic E-state index is 0.00528. The number of fused-ring (bicyclic) bond motifs is 1. The molecule has 4 nitrogen and oxygen atoms in total. The number of likely N-dealkylation sites (N-methyl/N-ethyl adjacent to an activating group) is 1. The fraction of sp³-hybridized carbons (Fsp3) is 0.417. The standard InChI is InChI=1S/C12H16BrN3O/c1-4-16(3)10-6-9-7(5-8(10)13)11(14-2)12(17)15-9/h5-6,11,14H,4H2,1-3H3,(H,15,17). The van der Waals surface area contributed by atoms with E-state index in [1.807, 2.05) is 19.2 Å². The van der Waals surface area contributed by atoms with Gasteiger partial charge in [-0.3, -0.25) is 4.79 Å². The first-order valence-electron chi connectivity index (χ1n) is 5.61. The normalized spacial score (nSPS) is 17.9. The van der Waals surface area contributed by atoms with E-state index in [1.165, 1.54) is 0 Å². The molecule has 0 saturated carbocycles. The number of nitrogens with one attached hydrogen (secondary N) is 2. The summed E-state index contributed by atoms with van der Waals surface area (Å²) in [7, 11) is 3.82. The van der Waals surface area contributed by atoms with E-state index in [-0.39, 0.29) is 11.9 Å². The van der Waals surface area contributed by atoms with Gasteiger partial charge in [0, 0.05) is 29.3 Å². The number of rotatable bonds is 3. The van der Waals surface area contributed by atoms with Crippen LogP contribution in [-0.2, 0) is 4.79 Å². The van der Waals surface area contributed by atoms with Crippen molar-refractivity contribution in [2.45, 2.75) is 13.0 Å². The lowest BCUT2D eigenvalue weighted by Crippen LogP contribution is -2.23. The maximum Gasteiger partial charge on any atom is 0.246 e. The van der Waals surface area contributed by atoms with Gasteiger partial charge in [-0.15, -0.1) is 0 Å². The first-order chi connectivity index (χ1) is 8.08. The summed E-state index contributed by atoms with van der Waals surface area (Å²) >= 11 is 3.56. The van der Waals surface area contributed by atoms with Crippen molar-refractivity contribution in [3.63, 3.8) is 0 Å². The van der Waals surface area contributed by atoms with Crippen molar-refractivity contribution in [1.29, 1.82) is 0 Å². The molecule has 92 valence electrons. The van der Waals surface area contributed by atoms with E-state index in [0.717, 1.165) is 28.0 Å². The Morgan fingerprint density at radius 2 is 2.24 bits per heavy atom. The number of nitrogens with zero attached hydrogens (tertiary/aromatic N) is 1. The largest absolute Gasteiger partial charge is 0.374 e. The van der Waals surface area contributed by atoms with Gasteiger partial charge in [-0.05, 0) is 42.0 Å². The Bertz CT molecular complexity index is 461. The topological polar surface area (TPSA) is 44.4 Å². The Labute approximate surface area is 110 Å². The number of benzene rings is 1. The number of amides is 1. The molecule has 0 fully saturated rings. The Morgan fingerprint density at radius 3 is 2.82 bits per heavy atom. The lowest BCUT2D eigenvalue weighted by Gasteiger charge is -2.20. The van der Waals surface area contributed by atoms with Crippen LogP contribution < -0.4 is 15.5 Å². The predicted octanol–water partition coefficient (Wildman–Crippen LogP) is 2.12. The molecule has 0 saturated heterocycles. The third kappa shape index (κ3) is 2.05. The molecule has 0 radical (unpaired) electrons. The number of anilines is 2. The van der Waals surface area contributed by atoms with Crippen molar-refractivity contribution in [2.24, 2.45) is 0 Å². The van der Waals surface area contributed by atoms with Crippen LogP contribution in [0.5, 0.6) is 0 Å². The van der Waals surface area contributed by atoms with Crippen molar-refractivity contribution >= 4 is 33.2 Å². The summed E-state index contributed by atoms with van der Waals surface area (Å²) in [6.45, 7) is 3.01. The van der Waals surface area contributed by atoms with Crippen LogP contribution >= 0.6 is 15.9 Å². The third-order valence-electron chi connectivity index (χ3n) is 3.12. The minimum Gasteiger partial charge on any atom is -0.374 e. The van der Waals surface area contributed by atoms with Crippen LogP contribution in [0.3, 0.4) is 0 Å². The molecule has 1 aromatic carbocycles. The molecule has 1 amide bonds. The molecule has 2 rings (SSSR count). The van der Waals surface area contributed by atoms with Crippen LogP contribution in [0, 0.1) is 0 Å². The van der Waals surface area contributed by atoms with Crippen LogP contribution in [0.1, 0.15) is 18.5 Å². The maximum absolute atomic E-state index is 11.7. The highest BCUT2D eigenvalue weighted by Crippen LogP contribution is 2.38. The molecule has 1 aliphatic heterocycles. The summed E-state index contributed by atoms with van der Waals surface area (Å²) in [6.07, 6.45) is 0. The van der Waals surface area contributed by atoms with E-state index in [0.29, 0.717) is 0 Å². The molecule has 1 unspecified atom stereocenters. The van der Waals surface area contributed by atoms with Crippen LogP contribution in [0.4, 0.5) is 11.4 Å². The maximum atomic E-state index is 11.7. The summed E-state index contributed by atoms with van der Waals surface area (Å²) in [5.74, 6) is 0.00528. The van der Waals surface area contributed by atoms with Gasteiger partial charge in [0.15, 0.2) is 0 Å². The summed E-state index contributed by atoms with van der Waals surface area (Å²) in [5, 5.41) is 5.91. The second-order valence-electron chi connectivity index (χ2n) is 4.12. The van der Waals surface area contributed by atoms with Gasteiger partial charge in [-0.25, -0.2) is 0 Å². The van der Waals surface area contributed by atoms with Gasteiger partial charge >= 0.3 is 0 Å². The van der Waals surface area contributed by atoms with Crippen molar-refractivity contribution in [3.8, 4) is 0 Å². The average Bonchev–Trinajstić information content (AvgIpc) is 2.61. The molecule has 1 aliphatic rings. The van der Waals surface area contributed by atoms with Gasteiger partial charge in [0.1, 0.15) is 6.04 Å². The predicted molar refractivity (Wildman–Crippen MR) is 73.5 cm³/mol. The van der Waals surface area contributed by atoms with Crippen LogP contribution in [0.25, 0.3) is 0 Å². The number of carbonyl (C=O) groups excluding carboxylic acids is 1. The molecular weight excluding hydrogens is 282 g/mol. The highest BCUT2D eigenvalue weighted by molar-refractivity contribution is 9.10. The molecule has 0 aliphatic carbocycles. The Morgan fingerprint density at radius 1 is 1.53 bits per heavy atom. The first kappa shape index (κ1) is 12.4. The summed E-state index contributed by atoms with van der Waals surface area (Å²) in [5.41, 5.74) is 2.98. The van der Waals surface area contributed by atoms with Crippen LogP contribution in [0.2, 0.25) is 0 Å². The zero-order chi connectivity index (χ0) is 12.6. The number of carbonyl (C=O) groups is 1. The average molecular weight is 298 g/mol. The molecule has 17 heavy (non-hydrogen) atoms. The van der Waals surface area contributed by atoms with E-state index < -0.39 is 0 Å². The van der Waals surface area contributed by atoms with E-state index >= 15 is 0 Å². The summed E-state index contributed by atoms with van der Waals surface area (Å²) in [4.78, 5) is 13.8. The monoisotopic (exact) mass is 297 g/mol. The molecule has 0 bridgehead atoms. The van der Waals surface area contributed by atoms with E-state index in [1.54, 1.807) is 7.05 Å². The van der Waals surface area contributed by atoms with E-state index in [4.69, 9.17) is 0 Å². The fourth-order valence-corrected chi connectivity index (χ4v) is 2.68. The molecule has 1 atom stereocenters. The van der Waals surface area contributed by atoms with Crippen LogP contribution in [0.15, 0.2) is 16.6 Å². The third-order valence-corrected chi connectivity index (χ3v) is 3.76. The smallest absolute Gasteiger partial charge is 0.246 e. The molecule has 1 heterocycles. The number of halogens is 1. The molecule has 2 N–H and O–H groups in total. The second kappa shape index (κ2) is 4.66. The van der Waals surface area contributed by atoms with Gasteiger partial charge in [0.05, 0.1) is 5.69 Å². The molecule has 1 aromatic rings. The van der Waals surface area contributed by atoms with Gasteiger partial charge in [-0.1, -0.05) is 0 Å². The van der Waals surface area contributed by atoms with Crippen molar-refractivity contribution in [1.82, 2.24) is 5.32 Å². The zero-order valence-electron chi connectivity index (χ0n) is 10.2. The van der Waals surface area contributed by atoms with E-state index in [2.05, 4.69) is 38.4 Å². The Kier molecular flexibility index (Phi) is 3.40. The van der Waals surface area contributed by atoms with Gasteiger partial charge in [-0.2, -0.15) is 0 Å². The molecule has 0 spiro atoms. The highest BCUT2D eigenvalue weighted by Gasteiger charge is 2.30. The van der Waals surface area contributed by atoms with Crippen molar-refractivity contribution < 1.29 is 4.79 Å². The zero-order valence-corrected chi connectivity index (χ0v) is 11.8. The van der Waals surface area contributed by atoms with Crippen LogP contribution in [-0.4, -0.2) is 26.5 Å². The molecular formula is C12H16BrN3O. The summed E-state index contributed by atoms with van der Waals surface area (Å²) < 4.78 is 1.01. The van der Waals surface area contributed by atoms with E-state index in [9.17, 15) is 4.79 Å².